The molecule has 0 amide bonds. The molecule has 1 heterocycles. The first-order valence-corrected chi connectivity index (χ1v) is 5.65. The summed E-state index contributed by atoms with van der Waals surface area (Å²) in [6.45, 7) is 4.83. The van der Waals surface area contributed by atoms with E-state index >= 15 is 0 Å². The predicted octanol–water partition coefficient (Wildman–Crippen LogP) is 2.33. The van der Waals surface area contributed by atoms with E-state index in [0.29, 0.717) is 6.42 Å². The highest BCUT2D eigenvalue weighted by Crippen LogP contribution is 2.24. The lowest BCUT2D eigenvalue weighted by atomic mass is 9.93. The lowest BCUT2D eigenvalue weighted by Crippen LogP contribution is -2.48. The molecular formula is C13H18ClNO2. The number of aliphatic carboxylic acids is 1. The van der Waals surface area contributed by atoms with Gasteiger partial charge >= 0.3 is 5.97 Å². The van der Waals surface area contributed by atoms with E-state index in [4.69, 9.17) is 0 Å². The number of halogens is 1. The molecule has 1 N–H and O–H groups in total. The van der Waals surface area contributed by atoms with Crippen molar-refractivity contribution >= 4 is 18.4 Å². The van der Waals surface area contributed by atoms with E-state index in [1.807, 2.05) is 36.9 Å². The first kappa shape index (κ1) is 14.0. The van der Waals surface area contributed by atoms with Crippen LogP contribution in [0.15, 0.2) is 24.3 Å². The van der Waals surface area contributed by atoms with E-state index in [0.717, 1.165) is 6.54 Å². The Balaban J connectivity index is 0.00000144. The van der Waals surface area contributed by atoms with E-state index in [2.05, 4.69) is 6.07 Å². The Hall–Kier alpha value is -1.06. The molecule has 0 radical (unpaired) electrons. The van der Waals surface area contributed by atoms with Crippen molar-refractivity contribution in [2.75, 3.05) is 0 Å². The second kappa shape index (κ2) is 5.52. The van der Waals surface area contributed by atoms with Gasteiger partial charge in [-0.25, -0.2) is 0 Å². The molecule has 94 valence electrons. The maximum Gasteiger partial charge on any atom is 0.321 e. The first-order valence-electron chi connectivity index (χ1n) is 5.65. The van der Waals surface area contributed by atoms with Gasteiger partial charge < -0.3 is 5.11 Å². The van der Waals surface area contributed by atoms with Crippen molar-refractivity contribution in [2.45, 2.75) is 38.9 Å². The van der Waals surface area contributed by atoms with Crippen LogP contribution in [0.1, 0.15) is 25.0 Å². The minimum absolute atomic E-state index is 0. The largest absolute Gasteiger partial charge is 0.480 e. The second-order valence-corrected chi connectivity index (χ2v) is 4.59. The fourth-order valence-electron chi connectivity index (χ4n) is 2.31. The number of rotatable bonds is 2. The van der Waals surface area contributed by atoms with E-state index in [1.54, 1.807) is 0 Å². The van der Waals surface area contributed by atoms with Crippen molar-refractivity contribution in [3.05, 3.63) is 35.4 Å². The number of fused-ring (bicyclic) bond motifs is 1. The van der Waals surface area contributed by atoms with Gasteiger partial charge in [0.1, 0.15) is 6.04 Å². The van der Waals surface area contributed by atoms with Crippen LogP contribution >= 0.6 is 12.4 Å². The Morgan fingerprint density at radius 1 is 1.35 bits per heavy atom. The van der Waals surface area contributed by atoms with Gasteiger partial charge in [0.25, 0.3) is 0 Å². The van der Waals surface area contributed by atoms with Crippen molar-refractivity contribution in [1.29, 1.82) is 0 Å². The Bertz CT molecular complexity index is 406. The van der Waals surface area contributed by atoms with Crippen LogP contribution in [0.25, 0.3) is 0 Å². The summed E-state index contributed by atoms with van der Waals surface area (Å²) in [5.74, 6) is -0.719. The van der Waals surface area contributed by atoms with Crippen LogP contribution in [0.4, 0.5) is 0 Å². The number of benzene rings is 1. The number of hydrogen-bond acceptors (Lipinski definition) is 2. The van der Waals surface area contributed by atoms with Crippen LogP contribution in [-0.2, 0) is 17.8 Å². The highest BCUT2D eigenvalue weighted by molar-refractivity contribution is 5.85. The molecule has 0 saturated carbocycles. The smallest absolute Gasteiger partial charge is 0.321 e. The van der Waals surface area contributed by atoms with Crippen LogP contribution < -0.4 is 0 Å². The third-order valence-corrected chi connectivity index (χ3v) is 3.23. The lowest BCUT2D eigenvalue weighted by molar-refractivity contribution is -0.144. The molecule has 1 aromatic rings. The monoisotopic (exact) mass is 255 g/mol. The van der Waals surface area contributed by atoms with Gasteiger partial charge in [-0.3, -0.25) is 9.69 Å². The maximum atomic E-state index is 11.2. The number of nitrogens with zero attached hydrogens (tertiary/aromatic N) is 1. The minimum atomic E-state index is -0.719. The molecule has 0 aromatic heterocycles. The molecule has 0 saturated heterocycles. The number of carbonyl (C=O) groups is 1. The van der Waals surface area contributed by atoms with E-state index in [-0.39, 0.29) is 24.5 Å². The quantitative estimate of drug-likeness (QED) is 0.882. The van der Waals surface area contributed by atoms with Crippen molar-refractivity contribution in [3.63, 3.8) is 0 Å². The molecule has 1 unspecified atom stereocenters. The second-order valence-electron chi connectivity index (χ2n) is 4.59. The molecule has 1 aliphatic rings. The highest BCUT2D eigenvalue weighted by atomic mass is 35.5. The standard InChI is InChI=1S/C13H17NO2.ClH/c1-9(2)14-8-11-6-4-3-5-10(11)7-12(14)13(15)16;/h3-6,9,12H,7-8H2,1-2H3,(H,15,16);1H. The normalized spacial score (nSPS) is 19.6. The van der Waals surface area contributed by atoms with Crippen LogP contribution in [0, 0.1) is 0 Å². The summed E-state index contributed by atoms with van der Waals surface area (Å²) < 4.78 is 0. The summed E-state index contributed by atoms with van der Waals surface area (Å²) in [7, 11) is 0. The van der Waals surface area contributed by atoms with Crippen molar-refractivity contribution < 1.29 is 9.90 Å². The van der Waals surface area contributed by atoms with E-state index < -0.39 is 5.97 Å². The summed E-state index contributed by atoms with van der Waals surface area (Å²) in [5.41, 5.74) is 2.43. The molecule has 4 heteroatoms. The van der Waals surface area contributed by atoms with Gasteiger partial charge in [-0.2, -0.15) is 0 Å². The summed E-state index contributed by atoms with van der Waals surface area (Å²) in [4.78, 5) is 13.3. The maximum absolute atomic E-state index is 11.2. The van der Waals surface area contributed by atoms with Crippen molar-refractivity contribution in [2.24, 2.45) is 0 Å². The SMILES string of the molecule is CC(C)N1Cc2ccccc2CC1C(=O)O.Cl. The molecule has 0 spiro atoms. The Morgan fingerprint density at radius 3 is 2.47 bits per heavy atom. The van der Waals surface area contributed by atoms with Gasteiger partial charge in [-0.1, -0.05) is 24.3 Å². The Kier molecular flexibility index (Phi) is 4.54. The van der Waals surface area contributed by atoms with Gasteiger partial charge in [-0.05, 0) is 31.4 Å². The molecule has 0 fully saturated rings. The minimum Gasteiger partial charge on any atom is -0.480 e. The number of carboxylic acid groups (broad SMARTS) is 1. The molecule has 2 rings (SSSR count). The Labute approximate surface area is 108 Å². The molecule has 1 aromatic carbocycles. The molecule has 0 aliphatic carbocycles. The summed E-state index contributed by atoms with van der Waals surface area (Å²) >= 11 is 0. The highest BCUT2D eigenvalue weighted by Gasteiger charge is 2.32. The zero-order chi connectivity index (χ0) is 11.7. The molecule has 17 heavy (non-hydrogen) atoms. The molecule has 0 bridgehead atoms. The summed E-state index contributed by atoms with van der Waals surface area (Å²) in [5, 5.41) is 9.24. The van der Waals surface area contributed by atoms with Crippen LogP contribution in [0.3, 0.4) is 0 Å². The molecule has 3 nitrogen and oxygen atoms in total. The molecular weight excluding hydrogens is 238 g/mol. The van der Waals surface area contributed by atoms with Gasteiger partial charge in [-0.15, -0.1) is 12.4 Å². The summed E-state index contributed by atoms with van der Waals surface area (Å²) in [6, 6.07) is 7.98. The zero-order valence-corrected chi connectivity index (χ0v) is 10.9. The van der Waals surface area contributed by atoms with Crippen molar-refractivity contribution in [1.82, 2.24) is 4.90 Å². The van der Waals surface area contributed by atoms with Gasteiger partial charge in [0.15, 0.2) is 0 Å². The number of carboxylic acids is 1. The lowest BCUT2D eigenvalue weighted by Gasteiger charge is -2.37. The molecule has 1 atom stereocenters. The third kappa shape index (κ3) is 2.79. The average Bonchev–Trinajstić information content (AvgIpc) is 2.27. The van der Waals surface area contributed by atoms with Crippen LogP contribution in [0.5, 0.6) is 0 Å². The number of hydrogen-bond donors (Lipinski definition) is 1. The fraction of sp³-hybridized carbons (Fsp3) is 0.462. The van der Waals surface area contributed by atoms with Gasteiger partial charge in [0.05, 0.1) is 0 Å². The first-order chi connectivity index (χ1) is 7.59. The summed E-state index contributed by atoms with van der Waals surface area (Å²) in [6.07, 6.45) is 0.615. The zero-order valence-electron chi connectivity index (χ0n) is 10.1. The Morgan fingerprint density at radius 2 is 1.94 bits per heavy atom. The predicted molar refractivity (Wildman–Crippen MR) is 69.5 cm³/mol. The fourth-order valence-corrected chi connectivity index (χ4v) is 2.31. The van der Waals surface area contributed by atoms with E-state index in [9.17, 15) is 9.90 Å². The van der Waals surface area contributed by atoms with Crippen LogP contribution in [0.2, 0.25) is 0 Å². The van der Waals surface area contributed by atoms with E-state index in [1.165, 1.54) is 11.1 Å². The van der Waals surface area contributed by atoms with Crippen molar-refractivity contribution in [3.8, 4) is 0 Å². The third-order valence-electron chi connectivity index (χ3n) is 3.23. The van der Waals surface area contributed by atoms with Gasteiger partial charge in [0.2, 0.25) is 0 Å². The van der Waals surface area contributed by atoms with Crippen LogP contribution in [-0.4, -0.2) is 28.1 Å². The average molecular weight is 256 g/mol. The topological polar surface area (TPSA) is 40.5 Å². The molecule has 1 aliphatic heterocycles. The van der Waals surface area contributed by atoms with Gasteiger partial charge in [0, 0.05) is 12.6 Å².